The molecule has 1 saturated heterocycles. The zero-order valence-corrected chi connectivity index (χ0v) is 15.7. The topological polar surface area (TPSA) is 63.7 Å². The zero-order valence-electron chi connectivity index (χ0n) is 14.1. The minimum atomic E-state index is -1.23. The number of nitrogens with zero attached hydrogens (tertiary/aromatic N) is 1. The standard InChI is InChI=1S/C17H19Cl2NO4/c1-16(2,3)20-13(21)12(17(4,5)15(20)23)14(22)24-11-7-6-9(18)8-10(11)19/h6-8,12H,1-5H3. The summed E-state index contributed by atoms with van der Waals surface area (Å²) in [5.74, 6) is -2.90. The summed E-state index contributed by atoms with van der Waals surface area (Å²) in [6.45, 7) is 8.34. The molecule has 0 bridgehead atoms. The van der Waals surface area contributed by atoms with Crippen LogP contribution in [0.4, 0.5) is 0 Å². The second kappa shape index (κ2) is 6.05. The van der Waals surface area contributed by atoms with E-state index in [1.165, 1.54) is 18.2 Å². The van der Waals surface area contributed by atoms with Gasteiger partial charge in [0.15, 0.2) is 5.92 Å². The van der Waals surface area contributed by atoms with E-state index in [4.69, 9.17) is 27.9 Å². The van der Waals surface area contributed by atoms with Crippen LogP contribution in [0, 0.1) is 11.3 Å². The summed E-state index contributed by atoms with van der Waals surface area (Å²) in [6, 6.07) is 4.39. The molecule has 1 aliphatic heterocycles. The number of rotatable bonds is 2. The Morgan fingerprint density at radius 1 is 1.21 bits per heavy atom. The molecule has 0 spiro atoms. The first-order chi connectivity index (χ1) is 10.9. The van der Waals surface area contributed by atoms with Crippen LogP contribution < -0.4 is 4.74 Å². The molecule has 1 aromatic carbocycles. The van der Waals surface area contributed by atoms with Gasteiger partial charge in [-0.15, -0.1) is 0 Å². The number of likely N-dealkylation sites (tertiary alicyclic amines) is 1. The van der Waals surface area contributed by atoms with Gasteiger partial charge in [0.05, 0.1) is 10.4 Å². The Morgan fingerprint density at radius 2 is 1.79 bits per heavy atom. The summed E-state index contributed by atoms with van der Waals surface area (Å²) in [5, 5.41) is 0.546. The summed E-state index contributed by atoms with van der Waals surface area (Å²) in [7, 11) is 0. The molecule has 1 aromatic rings. The number of carbonyl (C=O) groups excluding carboxylic acids is 3. The quantitative estimate of drug-likeness (QED) is 0.344. The lowest BCUT2D eigenvalue weighted by Gasteiger charge is -2.30. The summed E-state index contributed by atoms with van der Waals surface area (Å²) in [4.78, 5) is 39.0. The van der Waals surface area contributed by atoms with Crippen LogP contribution in [0.15, 0.2) is 18.2 Å². The van der Waals surface area contributed by atoms with Crippen molar-refractivity contribution < 1.29 is 19.1 Å². The maximum Gasteiger partial charge on any atom is 0.325 e. The van der Waals surface area contributed by atoms with E-state index in [9.17, 15) is 14.4 Å². The Kier molecular flexibility index (Phi) is 4.72. The van der Waals surface area contributed by atoms with Crippen molar-refractivity contribution in [1.29, 1.82) is 0 Å². The largest absolute Gasteiger partial charge is 0.424 e. The fraction of sp³-hybridized carbons (Fsp3) is 0.471. The van der Waals surface area contributed by atoms with E-state index >= 15 is 0 Å². The average molecular weight is 372 g/mol. The molecule has 1 unspecified atom stereocenters. The molecule has 0 aliphatic carbocycles. The van der Waals surface area contributed by atoms with E-state index in [2.05, 4.69) is 0 Å². The number of hydrogen-bond donors (Lipinski definition) is 0. The predicted octanol–water partition coefficient (Wildman–Crippen LogP) is 3.71. The number of halogens is 2. The van der Waals surface area contributed by atoms with Crippen LogP contribution >= 0.6 is 23.2 Å². The highest BCUT2D eigenvalue weighted by molar-refractivity contribution is 6.35. The number of hydrogen-bond acceptors (Lipinski definition) is 4. The van der Waals surface area contributed by atoms with Gasteiger partial charge in [0.25, 0.3) is 0 Å². The molecule has 24 heavy (non-hydrogen) atoms. The van der Waals surface area contributed by atoms with Crippen LogP contribution in [0.5, 0.6) is 5.75 Å². The third-order valence-electron chi connectivity index (χ3n) is 3.95. The second-order valence-electron chi connectivity index (χ2n) is 7.30. The third-order valence-corrected chi connectivity index (χ3v) is 4.48. The molecule has 0 saturated carbocycles. The van der Waals surface area contributed by atoms with Crippen molar-refractivity contribution in [2.45, 2.75) is 40.2 Å². The highest BCUT2D eigenvalue weighted by Crippen LogP contribution is 2.42. The van der Waals surface area contributed by atoms with Crippen molar-refractivity contribution >= 4 is 41.0 Å². The van der Waals surface area contributed by atoms with E-state index in [0.717, 1.165) is 4.90 Å². The molecular formula is C17H19Cl2NO4. The first-order valence-electron chi connectivity index (χ1n) is 7.42. The lowest BCUT2D eigenvalue weighted by atomic mass is 9.81. The molecule has 7 heteroatoms. The van der Waals surface area contributed by atoms with Crippen LogP contribution in [0.3, 0.4) is 0 Å². The van der Waals surface area contributed by atoms with E-state index in [1.54, 1.807) is 34.6 Å². The van der Waals surface area contributed by atoms with Gasteiger partial charge in [0.1, 0.15) is 5.75 Å². The normalized spacial score (nSPS) is 20.5. The molecular weight excluding hydrogens is 353 g/mol. The molecule has 5 nitrogen and oxygen atoms in total. The molecule has 0 N–H and O–H groups in total. The summed E-state index contributed by atoms with van der Waals surface area (Å²) < 4.78 is 5.27. The van der Waals surface area contributed by atoms with Gasteiger partial charge in [-0.25, -0.2) is 0 Å². The highest BCUT2D eigenvalue weighted by Gasteiger charge is 2.60. The predicted molar refractivity (Wildman–Crippen MR) is 91.0 cm³/mol. The first-order valence-corrected chi connectivity index (χ1v) is 8.18. The Balaban J connectivity index is 2.34. The van der Waals surface area contributed by atoms with Crippen molar-refractivity contribution in [3.8, 4) is 5.75 Å². The lowest BCUT2D eigenvalue weighted by molar-refractivity contribution is -0.149. The lowest BCUT2D eigenvalue weighted by Crippen LogP contribution is -2.46. The molecule has 1 atom stereocenters. The van der Waals surface area contributed by atoms with Crippen molar-refractivity contribution in [1.82, 2.24) is 4.90 Å². The van der Waals surface area contributed by atoms with Gasteiger partial charge in [0, 0.05) is 10.6 Å². The van der Waals surface area contributed by atoms with Crippen molar-refractivity contribution in [2.75, 3.05) is 0 Å². The number of amides is 2. The fourth-order valence-electron chi connectivity index (χ4n) is 2.71. The number of benzene rings is 1. The monoisotopic (exact) mass is 371 g/mol. The van der Waals surface area contributed by atoms with Crippen LogP contribution in [-0.2, 0) is 14.4 Å². The van der Waals surface area contributed by atoms with Gasteiger partial charge in [-0.3, -0.25) is 19.3 Å². The van der Waals surface area contributed by atoms with Crippen molar-refractivity contribution in [3.63, 3.8) is 0 Å². The van der Waals surface area contributed by atoms with E-state index in [0.29, 0.717) is 5.02 Å². The van der Waals surface area contributed by atoms with Gasteiger partial charge >= 0.3 is 5.97 Å². The molecule has 1 aliphatic rings. The molecule has 2 amide bonds. The van der Waals surface area contributed by atoms with Crippen molar-refractivity contribution in [3.05, 3.63) is 28.2 Å². The summed E-state index contributed by atoms with van der Waals surface area (Å²) >= 11 is 11.8. The maximum absolute atomic E-state index is 12.7. The fourth-order valence-corrected chi connectivity index (χ4v) is 3.15. The summed E-state index contributed by atoms with van der Waals surface area (Å²) in [5.41, 5.74) is -1.92. The molecule has 0 radical (unpaired) electrons. The molecule has 1 fully saturated rings. The van der Waals surface area contributed by atoms with Crippen LogP contribution in [0.1, 0.15) is 34.6 Å². The third kappa shape index (κ3) is 3.15. The Labute approximate surface area is 150 Å². The minimum Gasteiger partial charge on any atom is -0.424 e. The molecule has 2 rings (SSSR count). The number of carbonyl (C=O) groups is 3. The van der Waals surface area contributed by atoms with Gasteiger partial charge < -0.3 is 4.74 Å². The Morgan fingerprint density at radius 3 is 2.25 bits per heavy atom. The van der Waals surface area contributed by atoms with E-state index < -0.39 is 34.7 Å². The number of ether oxygens (including phenoxy) is 1. The van der Waals surface area contributed by atoms with Gasteiger partial charge in [-0.1, -0.05) is 23.2 Å². The van der Waals surface area contributed by atoms with E-state index in [1.807, 2.05) is 0 Å². The Bertz CT molecular complexity index is 722. The smallest absolute Gasteiger partial charge is 0.325 e. The molecule has 0 aromatic heterocycles. The van der Waals surface area contributed by atoms with Gasteiger partial charge in [0.2, 0.25) is 11.8 Å². The summed E-state index contributed by atoms with van der Waals surface area (Å²) in [6.07, 6.45) is 0. The van der Waals surface area contributed by atoms with Gasteiger partial charge in [-0.2, -0.15) is 0 Å². The number of esters is 1. The van der Waals surface area contributed by atoms with Crippen LogP contribution in [0.25, 0.3) is 0 Å². The maximum atomic E-state index is 12.7. The SMILES string of the molecule is CC1(C)C(=O)N(C(C)(C)C)C(=O)C1C(=O)Oc1ccc(Cl)cc1Cl. The molecule has 130 valence electrons. The van der Waals surface area contributed by atoms with Crippen molar-refractivity contribution in [2.24, 2.45) is 11.3 Å². The minimum absolute atomic E-state index is 0.0938. The average Bonchev–Trinajstić information content (AvgIpc) is 2.58. The molecule has 1 heterocycles. The second-order valence-corrected chi connectivity index (χ2v) is 8.14. The van der Waals surface area contributed by atoms with Crippen LogP contribution in [-0.4, -0.2) is 28.2 Å². The zero-order chi connectivity index (χ0) is 18.4. The highest BCUT2D eigenvalue weighted by atomic mass is 35.5. The van der Waals surface area contributed by atoms with E-state index in [-0.39, 0.29) is 10.8 Å². The Hall–Kier alpha value is -1.59. The van der Waals surface area contributed by atoms with Crippen LogP contribution in [0.2, 0.25) is 10.0 Å². The first kappa shape index (κ1) is 18.7. The number of imide groups is 1. The van der Waals surface area contributed by atoms with Gasteiger partial charge in [-0.05, 0) is 52.8 Å².